The second-order valence-corrected chi connectivity index (χ2v) is 3.60. The molecule has 2 aromatic rings. The number of halogens is 3. The van der Waals surface area contributed by atoms with E-state index in [9.17, 15) is 18.0 Å². The van der Waals surface area contributed by atoms with Crippen LogP contribution >= 0.6 is 0 Å². The highest BCUT2D eigenvalue weighted by molar-refractivity contribution is 5.96. The van der Waals surface area contributed by atoms with Crippen LogP contribution < -0.4 is 4.74 Å². The Morgan fingerprint density at radius 3 is 2.58 bits per heavy atom. The largest absolute Gasteiger partial charge is 0.481 e. The van der Waals surface area contributed by atoms with E-state index >= 15 is 0 Å². The maximum absolute atomic E-state index is 12.2. The third kappa shape index (κ3) is 2.90. The minimum Gasteiger partial charge on any atom is -0.481 e. The summed E-state index contributed by atoms with van der Waals surface area (Å²) in [7, 11) is 0. The van der Waals surface area contributed by atoms with Gasteiger partial charge in [0.25, 0.3) is 0 Å². The van der Waals surface area contributed by atoms with E-state index in [0.717, 1.165) is 0 Å². The van der Waals surface area contributed by atoms with Crippen LogP contribution in [0.4, 0.5) is 13.2 Å². The maximum atomic E-state index is 12.2. The van der Waals surface area contributed by atoms with Gasteiger partial charge in [0, 0.05) is 5.39 Å². The minimum atomic E-state index is -4.57. The smallest absolute Gasteiger partial charge is 0.422 e. The van der Waals surface area contributed by atoms with Gasteiger partial charge in [-0.15, -0.1) is 10.2 Å². The SMILES string of the molecule is O=C(O)c1nnc2ccccc2c1OCC(F)(F)F. The number of fused-ring (bicyclic) bond motifs is 1. The highest BCUT2D eigenvalue weighted by Crippen LogP contribution is 2.28. The number of aromatic nitrogens is 2. The Kier molecular flexibility index (Phi) is 3.24. The molecular formula is C11H7F3N2O3. The molecule has 0 amide bonds. The molecule has 1 N–H and O–H groups in total. The normalized spacial score (nSPS) is 11.5. The van der Waals surface area contributed by atoms with Gasteiger partial charge < -0.3 is 9.84 Å². The van der Waals surface area contributed by atoms with E-state index in [1.807, 2.05) is 0 Å². The Labute approximate surface area is 104 Å². The molecule has 5 nitrogen and oxygen atoms in total. The van der Waals surface area contributed by atoms with Crippen LogP contribution in [0.3, 0.4) is 0 Å². The van der Waals surface area contributed by atoms with Gasteiger partial charge >= 0.3 is 12.1 Å². The lowest BCUT2D eigenvalue weighted by molar-refractivity contribution is -0.153. The van der Waals surface area contributed by atoms with E-state index in [1.54, 1.807) is 6.07 Å². The number of carboxylic acids is 1. The molecule has 1 aromatic carbocycles. The zero-order chi connectivity index (χ0) is 14.0. The van der Waals surface area contributed by atoms with Crippen LogP contribution in [-0.2, 0) is 0 Å². The lowest BCUT2D eigenvalue weighted by Gasteiger charge is -2.12. The topological polar surface area (TPSA) is 72.3 Å². The monoisotopic (exact) mass is 272 g/mol. The van der Waals surface area contributed by atoms with E-state index in [1.165, 1.54) is 18.2 Å². The molecule has 0 atom stereocenters. The first kappa shape index (κ1) is 13.1. The molecule has 0 spiro atoms. The van der Waals surface area contributed by atoms with Gasteiger partial charge in [-0.05, 0) is 12.1 Å². The van der Waals surface area contributed by atoms with Gasteiger partial charge in [-0.3, -0.25) is 0 Å². The fourth-order valence-corrected chi connectivity index (χ4v) is 1.47. The lowest BCUT2D eigenvalue weighted by atomic mass is 10.2. The predicted octanol–water partition coefficient (Wildman–Crippen LogP) is 2.27. The highest BCUT2D eigenvalue weighted by atomic mass is 19.4. The molecule has 100 valence electrons. The molecule has 0 aliphatic carbocycles. The van der Waals surface area contributed by atoms with Crippen molar-refractivity contribution in [3.8, 4) is 5.75 Å². The van der Waals surface area contributed by atoms with E-state index in [0.29, 0.717) is 0 Å². The Morgan fingerprint density at radius 1 is 1.26 bits per heavy atom. The Balaban J connectivity index is 2.53. The van der Waals surface area contributed by atoms with Crippen molar-refractivity contribution in [2.45, 2.75) is 6.18 Å². The standard InChI is InChI=1S/C11H7F3N2O3/c12-11(13,14)5-19-9-6-3-1-2-4-7(6)15-16-8(9)10(17)18/h1-4H,5H2,(H,17,18). The zero-order valence-corrected chi connectivity index (χ0v) is 9.31. The summed E-state index contributed by atoms with van der Waals surface area (Å²) >= 11 is 0. The van der Waals surface area contributed by atoms with Crippen LogP contribution in [0.2, 0.25) is 0 Å². The van der Waals surface area contributed by atoms with E-state index in [-0.39, 0.29) is 10.9 Å². The van der Waals surface area contributed by atoms with Gasteiger partial charge in [-0.25, -0.2) is 4.79 Å². The van der Waals surface area contributed by atoms with Crippen molar-refractivity contribution in [1.82, 2.24) is 10.2 Å². The lowest BCUT2D eigenvalue weighted by Crippen LogP contribution is -2.21. The second kappa shape index (κ2) is 4.71. The van der Waals surface area contributed by atoms with Crippen molar-refractivity contribution in [2.75, 3.05) is 6.61 Å². The third-order valence-corrected chi connectivity index (χ3v) is 2.20. The summed E-state index contributed by atoms with van der Waals surface area (Å²) in [5.41, 5.74) is -0.396. The van der Waals surface area contributed by atoms with Crippen LogP contribution in [0.5, 0.6) is 5.75 Å². The molecule has 8 heteroatoms. The summed E-state index contributed by atoms with van der Waals surface area (Å²) in [6, 6.07) is 6.05. The van der Waals surface area contributed by atoms with Crippen molar-refractivity contribution in [2.24, 2.45) is 0 Å². The van der Waals surface area contributed by atoms with Crippen molar-refractivity contribution < 1.29 is 27.8 Å². The molecule has 0 bridgehead atoms. The molecule has 19 heavy (non-hydrogen) atoms. The van der Waals surface area contributed by atoms with E-state index in [4.69, 9.17) is 5.11 Å². The number of hydrogen-bond acceptors (Lipinski definition) is 4. The molecule has 0 aliphatic heterocycles. The summed E-state index contributed by atoms with van der Waals surface area (Å²) < 4.78 is 41.1. The first-order valence-electron chi connectivity index (χ1n) is 5.07. The fraction of sp³-hybridized carbons (Fsp3) is 0.182. The molecule has 0 fully saturated rings. The van der Waals surface area contributed by atoms with Crippen molar-refractivity contribution in [3.63, 3.8) is 0 Å². The summed E-state index contributed by atoms with van der Waals surface area (Å²) in [6.45, 7) is -1.59. The van der Waals surface area contributed by atoms with Gasteiger partial charge in [-0.1, -0.05) is 12.1 Å². The van der Waals surface area contributed by atoms with Gasteiger partial charge in [0.15, 0.2) is 12.4 Å². The van der Waals surface area contributed by atoms with Crippen LogP contribution in [0.15, 0.2) is 24.3 Å². The number of nitrogens with zero attached hydrogens (tertiary/aromatic N) is 2. The number of carboxylic acid groups (broad SMARTS) is 1. The summed E-state index contributed by atoms with van der Waals surface area (Å²) in [5.74, 6) is -1.94. The molecule has 0 aliphatic rings. The molecule has 1 aromatic heterocycles. The number of aromatic carboxylic acids is 1. The van der Waals surface area contributed by atoms with Crippen molar-refractivity contribution >= 4 is 16.9 Å². The van der Waals surface area contributed by atoms with Crippen LogP contribution in [0, 0.1) is 0 Å². The van der Waals surface area contributed by atoms with Gasteiger partial charge in [0.2, 0.25) is 5.69 Å². The highest BCUT2D eigenvalue weighted by Gasteiger charge is 2.30. The first-order valence-corrected chi connectivity index (χ1v) is 5.07. The molecule has 1 heterocycles. The Bertz CT molecular complexity index is 628. The van der Waals surface area contributed by atoms with Crippen LogP contribution in [-0.4, -0.2) is 34.1 Å². The number of ether oxygens (including phenoxy) is 1. The molecule has 0 radical (unpaired) electrons. The predicted molar refractivity (Wildman–Crippen MR) is 58.0 cm³/mol. The zero-order valence-electron chi connectivity index (χ0n) is 9.31. The number of carbonyl (C=O) groups is 1. The second-order valence-electron chi connectivity index (χ2n) is 3.60. The quantitative estimate of drug-likeness (QED) is 0.927. The summed E-state index contributed by atoms with van der Waals surface area (Å²) in [5, 5.41) is 16.0. The Morgan fingerprint density at radius 2 is 1.95 bits per heavy atom. The number of hydrogen-bond donors (Lipinski definition) is 1. The molecule has 0 saturated carbocycles. The number of rotatable bonds is 3. The third-order valence-electron chi connectivity index (χ3n) is 2.20. The van der Waals surface area contributed by atoms with Crippen molar-refractivity contribution in [3.05, 3.63) is 30.0 Å². The average molecular weight is 272 g/mol. The van der Waals surface area contributed by atoms with E-state index < -0.39 is 30.2 Å². The minimum absolute atomic E-state index is 0.166. The number of benzene rings is 1. The fourth-order valence-electron chi connectivity index (χ4n) is 1.47. The average Bonchev–Trinajstić information content (AvgIpc) is 2.34. The Hall–Kier alpha value is -2.38. The van der Waals surface area contributed by atoms with Crippen LogP contribution in [0.1, 0.15) is 10.5 Å². The molecule has 2 rings (SSSR count). The van der Waals surface area contributed by atoms with E-state index in [2.05, 4.69) is 14.9 Å². The van der Waals surface area contributed by atoms with Gasteiger partial charge in [0.05, 0.1) is 5.52 Å². The molecule has 0 unspecified atom stereocenters. The summed E-state index contributed by atoms with van der Waals surface area (Å²) in [6.07, 6.45) is -4.57. The molecule has 0 saturated heterocycles. The van der Waals surface area contributed by atoms with Gasteiger partial charge in [0.1, 0.15) is 0 Å². The molecular weight excluding hydrogens is 265 g/mol. The first-order chi connectivity index (χ1) is 8.88. The van der Waals surface area contributed by atoms with Crippen LogP contribution in [0.25, 0.3) is 10.9 Å². The maximum Gasteiger partial charge on any atom is 0.422 e. The van der Waals surface area contributed by atoms with Crippen molar-refractivity contribution in [1.29, 1.82) is 0 Å². The number of alkyl halides is 3. The summed E-state index contributed by atoms with van der Waals surface area (Å²) in [4.78, 5) is 10.9. The van der Waals surface area contributed by atoms with Gasteiger partial charge in [-0.2, -0.15) is 13.2 Å².